The zero-order chi connectivity index (χ0) is 13.7. The van der Waals surface area contributed by atoms with Crippen molar-refractivity contribution < 1.29 is 5.11 Å². The normalized spacial score (nSPS) is 13.7. The van der Waals surface area contributed by atoms with Gasteiger partial charge in [-0.15, -0.1) is 11.3 Å². The number of aliphatic hydroxyl groups is 1. The molecule has 0 unspecified atom stereocenters. The minimum Gasteiger partial charge on any atom is -0.396 e. The molecule has 0 aliphatic rings. The molecule has 2 rings (SSSR count). The minimum atomic E-state index is -0.291. The van der Waals surface area contributed by atoms with E-state index in [1.807, 2.05) is 41.8 Å². The summed E-state index contributed by atoms with van der Waals surface area (Å²) in [5.74, 6) is -0.364. The van der Waals surface area contributed by atoms with Gasteiger partial charge in [-0.1, -0.05) is 41.9 Å². The molecule has 4 heteroatoms. The maximum absolute atomic E-state index is 9.49. The number of hydrogen-bond donors (Lipinski definition) is 1. The van der Waals surface area contributed by atoms with Gasteiger partial charge in [-0.2, -0.15) is 5.26 Å². The lowest BCUT2D eigenvalue weighted by Crippen LogP contribution is -2.11. The van der Waals surface area contributed by atoms with Crippen LogP contribution in [0.4, 0.5) is 0 Å². The lowest BCUT2D eigenvalue weighted by atomic mass is 9.81. The number of hydrogen-bond acceptors (Lipinski definition) is 3. The van der Waals surface area contributed by atoms with Gasteiger partial charge in [-0.25, -0.2) is 0 Å². The molecule has 19 heavy (non-hydrogen) atoms. The second-order valence-electron chi connectivity index (χ2n) is 4.29. The molecule has 1 aromatic heterocycles. The Hall–Kier alpha value is -1.34. The lowest BCUT2D eigenvalue weighted by molar-refractivity contribution is 0.272. The molecule has 0 saturated carbocycles. The molecule has 2 aromatic rings. The third kappa shape index (κ3) is 3.16. The summed E-state index contributed by atoms with van der Waals surface area (Å²) in [7, 11) is 0. The molecule has 2 nitrogen and oxygen atoms in total. The van der Waals surface area contributed by atoms with Gasteiger partial charge in [-0.05, 0) is 29.0 Å². The van der Waals surface area contributed by atoms with Crippen molar-refractivity contribution in [3.8, 4) is 6.07 Å². The quantitative estimate of drug-likeness (QED) is 0.898. The average molecular weight is 292 g/mol. The molecular weight excluding hydrogens is 278 g/mol. The first-order valence-electron chi connectivity index (χ1n) is 6.06. The molecular formula is C15H14ClNOS. The van der Waals surface area contributed by atoms with E-state index >= 15 is 0 Å². The molecule has 1 N–H and O–H groups in total. The number of nitriles is 1. The van der Waals surface area contributed by atoms with Crippen LogP contribution in [-0.4, -0.2) is 11.7 Å². The summed E-state index contributed by atoms with van der Waals surface area (Å²) in [5, 5.41) is 20.7. The van der Waals surface area contributed by atoms with E-state index < -0.39 is 0 Å². The van der Waals surface area contributed by atoms with Crippen LogP contribution >= 0.6 is 22.9 Å². The number of nitrogens with zero attached hydrogens (tertiary/aromatic N) is 1. The van der Waals surface area contributed by atoms with Crippen molar-refractivity contribution in [3.63, 3.8) is 0 Å². The van der Waals surface area contributed by atoms with Crippen molar-refractivity contribution in [2.45, 2.75) is 18.3 Å². The van der Waals surface area contributed by atoms with E-state index in [1.165, 1.54) is 11.3 Å². The summed E-state index contributed by atoms with van der Waals surface area (Å²) >= 11 is 7.64. The Morgan fingerprint density at radius 1 is 1.26 bits per heavy atom. The second kappa shape index (κ2) is 6.72. The van der Waals surface area contributed by atoms with Crippen molar-refractivity contribution in [1.82, 2.24) is 0 Å². The topological polar surface area (TPSA) is 44.0 Å². The Morgan fingerprint density at radius 3 is 2.53 bits per heavy atom. The van der Waals surface area contributed by atoms with E-state index in [4.69, 9.17) is 11.6 Å². The van der Waals surface area contributed by atoms with Gasteiger partial charge >= 0.3 is 0 Å². The summed E-state index contributed by atoms with van der Waals surface area (Å²) in [5.41, 5.74) is 1.92. The van der Waals surface area contributed by atoms with Crippen LogP contribution in [0.3, 0.4) is 0 Å². The van der Waals surface area contributed by atoms with Crippen LogP contribution in [-0.2, 0) is 0 Å². The molecule has 2 atom stereocenters. The first kappa shape index (κ1) is 14.1. The number of thiophene rings is 1. The predicted molar refractivity (Wildman–Crippen MR) is 78.6 cm³/mol. The van der Waals surface area contributed by atoms with Crippen LogP contribution in [0.15, 0.2) is 41.8 Å². The van der Waals surface area contributed by atoms with E-state index in [0.717, 1.165) is 11.1 Å². The molecule has 1 aromatic carbocycles. The fourth-order valence-electron chi connectivity index (χ4n) is 2.27. The van der Waals surface area contributed by atoms with Crippen molar-refractivity contribution in [3.05, 3.63) is 57.2 Å². The Kier molecular flexibility index (Phi) is 4.98. The van der Waals surface area contributed by atoms with Gasteiger partial charge in [0.05, 0.1) is 16.3 Å². The molecule has 0 spiro atoms. The summed E-state index contributed by atoms with van der Waals surface area (Å²) in [6, 6.07) is 14.0. The highest BCUT2D eigenvalue weighted by atomic mass is 35.5. The second-order valence-corrected chi connectivity index (χ2v) is 5.80. The van der Waals surface area contributed by atoms with E-state index in [9.17, 15) is 10.4 Å². The number of aliphatic hydroxyl groups excluding tert-OH is 1. The van der Waals surface area contributed by atoms with Crippen LogP contribution in [0.2, 0.25) is 4.34 Å². The number of halogens is 1. The molecule has 0 aliphatic heterocycles. The molecule has 0 saturated heterocycles. The standard InChI is InChI=1S/C15H14ClNOS/c16-15-13(7-9-19-15)12(6-8-18)14(10-17)11-4-2-1-3-5-11/h1-5,7,9,12,14,18H,6,8H2/t12-,14-/m0/s1. The number of rotatable bonds is 5. The first-order chi connectivity index (χ1) is 9.27. The van der Waals surface area contributed by atoms with E-state index in [0.29, 0.717) is 10.8 Å². The van der Waals surface area contributed by atoms with Crippen molar-refractivity contribution in [2.24, 2.45) is 0 Å². The van der Waals surface area contributed by atoms with Gasteiger partial charge in [0.1, 0.15) is 0 Å². The minimum absolute atomic E-state index is 0.0435. The fraction of sp³-hybridized carbons (Fsp3) is 0.267. The fourth-order valence-corrected chi connectivity index (χ4v) is 3.32. The zero-order valence-corrected chi connectivity index (χ0v) is 11.9. The average Bonchev–Trinajstić information content (AvgIpc) is 2.86. The molecule has 0 amide bonds. The van der Waals surface area contributed by atoms with E-state index in [-0.39, 0.29) is 18.4 Å². The number of benzene rings is 1. The van der Waals surface area contributed by atoms with Crippen LogP contribution in [0.5, 0.6) is 0 Å². The van der Waals surface area contributed by atoms with Gasteiger partial charge in [0.25, 0.3) is 0 Å². The lowest BCUT2D eigenvalue weighted by Gasteiger charge is -2.21. The first-order valence-corrected chi connectivity index (χ1v) is 7.32. The molecule has 0 fully saturated rings. The van der Waals surface area contributed by atoms with Gasteiger partial charge in [0.2, 0.25) is 0 Å². The third-order valence-electron chi connectivity index (χ3n) is 3.19. The Labute approximate surface area is 121 Å². The highest BCUT2D eigenvalue weighted by Crippen LogP contribution is 2.40. The molecule has 0 aliphatic carbocycles. The predicted octanol–water partition coefficient (Wildman–Crippen LogP) is 4.17. The monoisotopic (exact) mass is 291 g/mol. The zero-order valence-electron chi connectivity index (χ0n) is 10.3. The van der Waals surface area contributed by atoms with Gasteiger partial charge < -0.3 is 5.11 Å². The highest BCUT2D eigenvalue weighted by Gasteiger charge is 2.26. The summed E-state index contributed by atoms with van der Waals surface area (Å²) < 4.78 is 0.703. The maximum atomic E-state index is 9.49. The third-order valence-corrected chi connectivity index (χ3v) is 4.39. The maximum Gasteiger partial charge on any atom is 0.0963 e. The van der Waals surface area contributed by atoms with Crippen LogP contribution in [0, 0.1) is 11.3 Å². The van der Waals surface area contributed by atoms with Crippen LogP contribution < -0.4 is 0 Å². The summed E-state index contributed by atoms with van der Waals surface area (Å²) in [6.07, 6.45) is 0.531. The molecule has 0 bridgehead atoms. The van der Waals surface area contributed by atoms with Crippen molar-refractivity contribution in [2.75, 3.05) is 6.61 Å². The van der Waals surface area contributed by atoms with Crippen molar-refractivity contribution >= 4 is 22.9 Å². The Balaban J connectivity index is 2.38. The van der Waals surface area contributed by atoms with Crippen LogP contribution in [0.25, 0.3) is 0 Å². The molecule has 1 heterocycles. The van der Waals surface area contributed by atoms with Crippen LogP contribution in [0.1, 0.15) is 29.4 Å². The molecule has 98 valence electrons. The van der Waals surface area contributed by atoms with E-state index in [1.54, 1.807) is 0 Å². The van der Waals surface area contributed by atoms with Gasteiger partial charge in [0, 0.05) is 12.5 Å². The van der Waals surface area contributed by atoms with Gasteiger partial charge in [-0.3, -0.25) is 0 Å². The SMILES string of the molecule is N#C[C@@H](c1ccccc1)[C@@H](CCO)c1ccsc1Cl. The summed E-state index contributed by atoms with van der Waals surface area (Å²) in [6.45, 7) is 0.0435. The summed E-state index contributed by atoms with van der Waals surface area (Å²) in [4.78, 5) is 0. The smallest absolute Gasteiger partial charge is 0.0963 e. The van der Waals surface area contributed by atoms with Crippen molar-refractivity contribution in [1.29, 1.82) is 5.26 Å². The van der Waals surface area contributed by atoms with Gasteiger partial charge in [0.15, 0.2) is 0 Å². The molecule has 0 radical (unpaired) electrons. The van der Waals surface area contributed by atoms with E-state index in [2.05, 4.69) is 6.07 Å². The Morgan fingerprint density at radius 2 is 2.00 bits per heavy atom. The largest absolute Gasteiger partial charge is 0.396 e. The highest BCUT2D eigenvalue weighted by molar-refractivity contribution is 7.14. The Bertz CT molecular complexity index is 561.